The maximum atomic E-state index is 12.8. The molecule has 0 spiro atoms. The predicted molar refractivity (Wildman–Crippen MR) is 108 cm³/mol. The van der Waals surface area contributed by atoms with Gasteiger partial charge in [0.25, 0.3) is 11.7 Å². The number of aliphatic hydroxyl groups is 1. The number of amides is 1. The number of ketones is 1. The van der Waals surface area contributed by atoms with Crippen LogP contribution in [0.5, 0.6) is 0 Å². The van der Waals surface area contributed by atoms with Crippen LogP contribution in [0.2, 0.25) is 10.0 Å². The van der Waals surface area contributed by atoms with E-state index >= 15 is 0 Å². The van der Waals surface area contributed by atoms with Crippen molar-refractivity contribution in [3.8, 4) is 0 Å². The fourth-order valence-corrected chi connectivity index (χ4v) is 3.80. The van der Waals surface area contributed by atoms with Gasteiger partial charge in [-0.25, -0.2) is 0 Å². The molecule has 1 heterocycles. The van der Waals surface area contributed by atoms with E-state index in [-0.39, 0.29) is 17.9 Å². The van der Waals surface area contributed by atoms with Crippen molar-refractivity contribution in [1.82, 2.24) is 4.90 Å². The third-order valence-corrected chi connectivity index (χ3v) is 5.15. The number of rotatable bonds is 6. The summed E-state index contributed by atoms with van der Waals surface area (Å²) in [6, 6.07) is 12.7. The van der Waals surface area contributed by atoms with Crippen molar-refractivity contribution in [3.05, 3.63) is 75.3 Å². The van der Waals surface area contributed by atoms with Crippen molar-refractivity contribution < 1.29 is 19.4 Å². The minimum Gasteiger partial charge on any atom is -0.507 e. The predicted octanol–water partition coefficient (Wildman–Crippen LogP) is 4.45. The van der Waals surface area contributed by atoms with Crippen LogP contribution in [0.1, 0.15) is 23.6 Å². The van der Waals surface area contributed by atoms with E-state index in [9.17, 15) is 14.7 Å². The second kappa shape index (κ2) is 8.78. The van der Waals surface area contributed by atoms with Gasteiger partial charge in [-0.3, -0.25) is 9.59 Å². The van der Waals surface area contributed by atoms with E-state index in [4.69, 9.17) is 27.9 Å². The van der Waals surface area contributed by atoms with Crippen molar-refractivity contribution in [1.29, 1.82) is 0 Å². The van der Waals surface area contributed by atoms with Crippen molar-refractivity contribution in [3.63, 3.8) is 0 Å². The van der Waals surface area contributed by atoms with Gasteiger partial charge in [0, 0.05) is 35.9 Å². The summed E-state index contributed by atoms with van der Waals surface area (Å²) >= 11 is 12.4. The Morgan fingerprint density at radius 3 is 2.50 bits per heavy atom. The Balaban J connectivity index is 2.15. The zero-order valence-corrected chi connectivity index (χ0v) is 16.7. The standard InChI is InChI=1S/C21H19Cl2NO4/c1-28-11-5-10-24-18(15-9-8-14(22)12-16(15)23)17(20(26)21(24)27)19(25)13-6-3-2-4-7-13/h2-4,6-9,12,18,25H,5,10-11H2,1H3/b19-17+. The van der Waals surface area contributed by atoms with E-state index in [1.807, 2.05) is 0 Å². The molecule has 1 aliphatic heterocycles. The van der Waals surface area contributed by atoms with Crippen LogP contribution < -0.4 is 0 Å². The monoisotopic (exact) mass is 419 g/mol. The number of ether oxygens (including phenoxy) is 1. The Bertz CT molecular complexity index is 927. The molecule has 0 bridgehead atoms. The van der Waals surface area contributed by atoms with Gasteiger partial charge >= 0.3 is 0 Å². The smallest absolute Gasteiger partial charge is 0.295 e. The molecule has 0 aliphatic carbocycles. The van der Waals surface area contributed by atoms with Gasteiger partial charge in [0.1, 0.15) is 5.76 Å². The van der Waals surface area contributed by atoms with E-state index in [2.05, 4.69) is 0 Å². The van der Waals surface area contributed by atoms with Crippen LogP contribution >= 0.6 is 23.2 Å². The fourth-order valence-electron chi connectivity index (χ4n) is 3.29. The number of carbonyl (C=O) groups excluding carboxylic acids is 2. The highest BCUT2D eigenvalue weighted by atomic mass is 35.5. The highest BCUT2D eigenvalue weighted by molar-refractivity contribution is 6.47. The van der Waals surface area contributed by atoms with Crippen molar-refractivity contribution in [2.24, 2.45) is 0 Å². The molecule has 1 unspecified atom stereocenters. The highest BCUT2D eigenvalue weighted by Crippen LogP contribution is 2.42. The summed E-state index contributed by atoms with van der Waals surface area (Å²) < 4.78 is 5.06. The lowest BCUT2D eigenvalue weighted by atomic mass is 9.95. The number of hydrogen-bond donors (Lipinski definition) is 1. The van der Waals surface area contributed by atoms with Crippen molar-refractivity contribution >= 4 is 40.7 Å². The van der Waals surface area contributed by atoms with E-state index in [1.165, 1.54) is 4.90 Å². The van der Waals surface area contributed by atoms with E-state index in [0.29, 0.717) is 34.2 Å². The summed E-state index contributed by atoms with van der Waals surface area (Å²) in [5.41, 5.74) is 0.991. The quantitative estimate of drug-likeness (QED) is 0.325. The Labute approximate surface area is 173 Å². The second-order valence-electron chi connectivity index (χ2n) is 6.37. The zero-order chi connectivity index (χ0) is 20.3. The molecule has 1 fully saturated rings. The summed E-state index contributed by atoms with van der Waals surface area (Å²) in [5.74, 6) is -1.65. The number of carbonyl (C=O) groups is 2. The molecule has 2 aromatic carbocycles. The number of likely N-dealkylation sites (tertiary alicyclic amines) is 1. The number of halogens is 2. The maximum absolute atomic E-state index is 12.8. The van der Waals surface area contributed by atoms with Gasteiger partial charge in [-0.05, 0) is 24.1 Å². The first-order valence-electron chi connectivity index (χ1n) is 8.73. The van der Waals surface area contributed by atoms with Crippen LogP contribution in [0.4, 0.5) is 0 Å². The normalized spacial score (nSPS) is 18.7. The van der Waals surface area contributed by atoms with Gasteiger partial charge in [0.2, 0.25) is 0 Å². The number of benzene rings is 2. The number of methoxy groups -OCH3 is 1. The lowest BCUT2D eigenvalue weighted by molar-refractivity contribution is -0.140. The first kappa shape index (κ1) is 20.4. The lowest BCUT2D eigenvalue weighted by Crippen LogP contribution is -2.31. The van der Waals surface area contributed by atoms with Crippen LogP contribution in [0, 0.1) is 0 Å². The Hall–Kier alpha value is -2.34. The molecule has 146 valence electrons. The minimum atomic E-state index is -0.804. The van der Waals surface area contributed by atoms with Crippen LogP contribution in [0.25, 0.3) is 5.76 Å². The van der Waals surface area contributed by atoms with Crippen LogP contribution in [0.3, 0.4) is 0 Å². The SMILES string of the molecule is COCCCN1C(=O)C(=O)/C(=C(/O)c2ccccc2)C1c1ccc(Cl)cc1Cl. The molecule has 3 rings (SSSR count). The second-order valence-corrected chi connectivity index (χ2v) is 7.21. The van der Waals surface area contributed by atoms with E-state index < -0.39 is 17.7 Å². The molecule has 1 N–H and O–H groups in total. The zero-order valence-electron chi connectivity index (χ0n) is 15.2. The third-order valence-electron chi connectivity index (χ3n) is 4.59. The number of Topliss-reactive ketones (excluding diaryl/α,β-unsaturated/α-hetero) is 1. The molecule has 1 aliphatic rings. The summed E-state index contributed by atoms with van der Waals surface area (Å²) in [5, 5.41) is 11.6. The Morgan fingerprint density at radius 1 is 1.14 bits per heavy atom. The van der Waals surface area contributed by atoms with Crippen LogP contribution in [-0.2, 0) is 14.3 Å². The molecule has 1 saturated heterocycles. The molecule has 0 saturated carbocycles. The van der Waals surface area contributed by atoms with Gasteiger partial charge < -0.3 is 14.7 Å². The Kier molecular flexibility index (Phi) is 6.39. The molecule has 0 aromatic heterocycles. The molecular formula is C21H19Cl2NO4. The molecule has 7 heteroatoms. The summed E-state index contributed by atoms with van der Waals surface area (Å²) in [6.07, 6.45) is 0.538. The molecule has 1 amide bonds. The fraction of sp³-hybridized carbons (Fsp3) is 0.238. The number of aliphatic hydroxyl groups excluding tert-OH is 1. The molecular weight excluding hydrogens is 401 g/mol. The number of nitrogens with zero attached hydrogens (tertiary/aromatic N) is 1. The number of hydrogen-bond acceptors (Lipinski definition) is 4. The van der Waals surface area contributed by atoms with Gasteiger partial charge in [-0.15, -0.1) is 0 Å². The van der Waals surface area contributed by atoms with Gasteiger partial charge in [-0.2, -0.15) is 0 Å². The van der Waals surface area contributed by atoms with Crippen molar-refractivity contribution in [2.75, 3.05) is 20.3 Å². The maximum Gasteiger partial charge on any atom is 0.295 e. The van der Waals surface area contributed by atoms with Gasteiger partial charge in [-0.1, -0.05) is 59.6 Å². The van der Waals surface area contributed by atoms with Crippen LogP contribution in [0.15, 0.2) is 54.1 Å². The molecule has 0 radical (unpaired) electrons. The van der Waals surface area contributed by atoms with Crippen LogP contribution in [-0.4, -0.2) is 42.0 Å². The largest absolute Gasteiger partial charge is 0.507 e. The lowest BCUT2D eigenvalue weighted by Gasteiger charge is -2.26. The Morgan fingerprint density at radius 2 is 1.86 bits per heavy atom. The first-order valence-corrected chi connectivity index (χ1v) is 9.49. The van der Waals surface area contributed by atoms with Gasteiger partial charge in [0.15, 0.2) is 0 Å². The average Bonchev–Trinajstić information content (AvgIpc) is 2.93. The average molecular weight is 420 g/mol. The highest BCUT2D eigenvalue weighted by Gasteiger charge is 2.46. The van der Waals surface area contributed by atoms with Gasteiger partial charge in [0.05, 0.1) is 11.6 Å². The van der Waals surface area contributed by atoms with Crippen molar-refractivity contribution in [2.45, 2.75) is 12.5 Å². The first-order chi connectivity index (χ1) is 13.5. The summed E-state index contributed by atoms with van der Waals surface area (Å²) in [7, 11) is 1.57. The summed E-state index contributed by atoms with van der Waals surface area (Å²) in [4.78, 5) is 27.0. The molecule has 1 atom stereocenters. The van der Waals surface area contributed by atoms with E-state index in [1.54, 1.807) is 55.6 Å². The van der Waals surface area contributed by atoms with E-state index in [0.717, 1.165) is 0 Å². The molecule has 5 nitrogen and oxygen atoms in total. The third kappa shape index (κ3) is 3.92. The molecule has 2 aromatic rings. The topological polar surface area (TPSA) is 66.8 Å². The minimum absolute atomic E-state index is 0.0119. The molecule has 28 heavy (non-hydrogen) atoms. The summed E-state index contributed by atoms with van der Waals surface area (Å²) in [6.45, 7) is 0.719.